The maximum absolute atomic E-state index is 6.09. The number of halogens is 3. The first-order chi connectivity index (χ1) is 8.04. The second-order valence-corrected chi connectivity index (χ2v) is 5.08. The molecule has 0 saturated carbocycles. The van der Waals surface area contributed by atoms with E-state index < -0.39 is 0 Å². The van der Waals surface area contributed by atoms with E-state index in [1.807, 2.05) is 12.1 Å². The van der Waals surface area contributed by atoms with Crippen molar-refractivity contribution in [2.24, 2.45) is 0 Å². The van der Waals surface area contributed by atoms with Gasteiger partial charge in [-0.15, -0.1) is 0 Å². The Hall–Kier alpha value is -0.840. The van der Waals surface area contributed by atoms with Gasteiger partial charge in [-0.25, -0.2) is 9.97 Å². The van der Waals surface area contributed by atoms with Gasteiger partial charge < -0.3 is 5.32 Å². The number of nitrogens with zero attached hydrogens (tertiary/aromatic N) is 2. The SMILES string of the molecule is Cc1nc(Cl)cc(Nc2ccc(Br)cc2Cl)n1. The summed E-state index contributed by atoms with van der Waals surface area (Å²) in [6.07, 6.45) is 0. The predicted octanol–water partition coefficient (Wildman–Crippen LogP) is 4.60. The number of benzene rings is 1. The van der Waals surface area contributed by atoms with E-state index in [4.69, 9.17) is 23.2 Å². The smallest absolute Gasteiger partial charge is 0.135 e. The molecule has 17 heavy (non-hydrogen) atoms. The zero-order valence-electron chi connectivity index (χ0n) is 8.84. The molecule has 0 spiro atoms. The van der Waals surface area contributed by atoms with Crippen LogP contribution in [0.3, 0.4) is 0 Å². The lowest BCUT2D eigenvalue weighted by molar-refractivity contribution is 1.06. The fourth-order valence-corrected chi connectivity index (χ4v) is 2.27. The van der Waals surface area contributed by atoms with E-state index in [0.717, 1.165) is 10.2 Å². The predicted molar refractivity (Wildman–Crippen MR) is 74.2 cm³/mol. The summed E-state index contributed by atoms with van der Waals surface area (Å²) in [6, 6.07) is 7.20. The highest BCUT2D eigenvalue weighted by molar-refractivity contribution is 9.10. The van der Waals surface area contributed by atoms with Crippen LogP contribution in [-0.4, -0.2) is 9.97 Å². The minimum atomic E-state index is 0.397. The second kappa shape index (κ2) is 5.21. The average Bonchev–Trinajstić information content (AvgIpc) is 2.21. The molecule has 0 unspecified atom stereocenters. The third-order valence-corrected chi connectivity index (χ3v) is 3.00. The highest BCUT2D eigenvalue weighted by Gasteiger charge is 2.04. The molecule has 0 amide bonds. The topological polar surface area (TPSA) is 37.8 Å². The normalized spacial score (nSPS) is 10.4. The monoisotopic (exact) mass is 331 g/mol. The zero-order chi connectivity index (χ0) is 12.4. The highest BCUT2D eigenvalue weighted by atomic mass is 79.9. The van der Waals surface area contributed by atoms with E-state index in [0.29, 0.717) is 21.8 Å². The summed E-state index contributed by atoms with van der Waals surface area (Å²) in [4.78, 5) is 8.20. The Labute approximate surface area is 117 Å². The Morgan fingerprint density at radius 2 is 1.94 bits per heavy atom. The number of aromatic nitrogens is 2. The molecular weight excluding hydrogens is 325 g/mol. The van der Waals surface area contributed by atoms with Gasteiger partial charge in [-0.2, -0.15) is 0 Å². The first kappa shape index (κ1) is 12.6. The zero-order valence-corrected chi connectivity index (χ0v) is 11.9. The summed E-state index contributed by atoms with van der Waals surface area (Å²) in [5.41, 5.74) is 0.768. The molecule has 2 rings (SSSR count). The number of nitrogens with one attached hydrogen (secondary N) is 1. The van der Waals surface area contributed by atoms with Crippen molar-refractivity contribution in [3.8, 4) is 0 Å². The first-order valence-corrected chi connectivity index (χ1v) is 6.33. The molecule has 0 fully saturated rings. The van der Waals surface area contributed by atoms with Crippen molar-refractivity contribution in [2.75, 3.05) is 5.32 Å². The van der Waals surface area contributed by atoms with Crippen LogP contribution in [0.15, 0.2) is 28.7 Å². The Morgan fingerprint density at radius 3 is 2.59 bits per heavy atom. The number of anilines is 2. The summed E-state index contributed by atoms with van der Waals surface area (Å²) >= 11 is 15.3. The molecule has 1 N–H and O–H groups in total. The van der Waals surface area contributed by atoms with E-state index in [1.165, 1.54) is 0 Å². The molecule has 0 saturated heterocycles. The van der Waals surface area contributed by atoms with Crippen LogP contribution in [0.2, 0.25) is 10.2 Å². The number of hydrogen-bond acceptors (Lipinski definition) is 3. The van der Waals surface area contributed by atoms with Crippen LogP contribution < -0.4 is 5.32 Å². The summed E-state index contributed by atoms with van der Waals surface area (Å²) in [7, 11) is 0. The molecule has 2 aromatic rings. The first-order valence-electron chi connectivity index (χ1n) is 4.78. The fraction of sp³-hybridized carbons (Fsp3) is 0.0909. The van der Waals surface area contributed by atoms with Crippen LogP contribution in [0.4, 0.5) is 11.5 Å². The summed E-state index contributed by atoms with van der Waals surface area (Å²) in [5, 5.41) is 4.09. The van der Waals surface area contributed by atoms with Crippen LogP contribution in [0.1, 0.15) is 5.82 Å². The fourth-order valence-electron chi connectivity index (χ4n) is 1.32. The van der Waals surface area contributed by atoms with Gasteiger partial charge in [0.1, 0.15) is 16.8 Å². The lowest BCUT2D eigenvalue weighted by atomic mass is 10.3. The maximum Gasteiger partial charge on any atom is 0.135 e. The van der Waals surface area contributed by atoms with Crippen LogP contribution in [0.25, 0.3) is 0 Å². The van der Waals surface area contributed by atoms with Crippen molar-refractivity contribution in [1.82, 2.24) is 9.97 Å². The van der Waals surface area contributed by atoms with Crippen molar-refractivity contribution >= 4 is 50.6 Å². The molecule has 0 aliphatic heterocycles. The van der Waals surface area contributed by atoms with Crippen LogP contribution in [0, 0.1) is 6.92 Å². The average molecular weight is 333 g/mol. The number of hydrogen-bond donors (Lipinski definition) is 1. The van der Waals surface area contributed by atoms with Gasteiger partial charge in [-0.05, 0) is 25.1 Å². The van der Waals surface area contributed by atoms with Gasteiger partial charge >= 0.3 is 0 Å². The van der Waals surface area contributed by atoms with E-state index in [9.17, 15) is 0 Å². The Bertz CT molecular complexity index is 540. The van der Waals surface area contributed by atoms with Gasteiger partial charge in [0.2, 0.25) is 0 Å². The Balaban J connectivity index is 2.31. The van der Waals surface area contributed by atoms with Gasteiger partial charge in [0, 0.05) is 10.5 Å². The van der Waals surface area contributed by atoms with E-state index in [1.54, 1.807) is 19.1 Å². The molecule has 0 bridgehead atoms. The van der Waals surface area contributed by atoms with Crippen molar-refractivity contribution in [3.05, 3.63) is 44.7 Å². The summed E-state index contributed by atoms with van der Waals surface area (Å²) < 4.78 is 0.921. The highest BCUT2D eigenvalue weighted by Crippen LogP contribution is 2.28. The van der Waals surface area contributed by atoms with Gasteiger partial charge in [-0.3, -0.25) is 0 Å². The maximum atomic E-state index is 6.09. The lowest BCUT2D eigenvalue weighted by Gasteiger charge is -2.08. The molecule has 0 radical (unpaired) electrons. The standard InChI is InChI=1S/C11H8BrCl2N3/c1-6-15-10(14)5-11(16-6)17-9-3-2-7(12)4-8(9)13/h2-5H,1H3,(H,15,16,17). The molecule has 0 aliphatic rings. The molecule has 1 aromatic heterocycles. The Kier molecular flexibility index (Phi) is 3.86. The summed E-state index contributed by atoms with van der Waals surface area (Å²) in [6.45, 7) is 1.78. The van der Waals surface area contributed by atoms with Crippen LogP contribution >= 0.6 is 39.1 Å². The van der Waals surface area contributed by atoms with E-state index >= 15 is 0 Å². The number of rotatable bonds is 2. The van der Waals surface area contributed by atoms with E-state index in [-0.39, 0.29) is 0 Å². The van der Waals surface area contributed by atoms with Crippen LogP contribution in [-0.2, 0) is 0 Å². The van der Waals surface area contributed by atoms with Gasteiger partial charge in [0.05, 0.1) is 10.7 Å². The minimum Gasteiger partial charge on any atom is -0.339 e. The molecular formula is C11H8BrCl2N3. The van der Waals surface area contributed by atoms with Gasteiger partial charge in [0.25, 0.3) is 0 Å². The minimum absolute atomic E-state index is 0.397. The molecule has 1 aromatic carbocycles. The quantitative estimate of drug-likeness (QED) is 0.817. The Morgan fingerprint density at radius 1 is 1.18 bits per heavy atom. The molecule has 0 aliphatic carbocycles. The third-order valence-electron chi connectivity index (χ3n) is 2.00. The van der Waals surface area contributed by atoms with Crippen molar-refractivity contribution in [1.29, 1.82) is 0 Å². The molecule has 3 nitrogen and oxygen atoms in total. The summed E-state index contributed by atoms with van der Waals surface area (Å²) in [5.74, 6) is 1.22. The van der Waals surface area contributed by atoms with E-state index in [2.05, 4.69) is 31.2 Å². The molecule has 88 valence electrons. The molecule has 1 heterocycles. The second-order valence-electron chi connectivity index (χ2n) is 3.37. The van der Waals surface area contributed by atoms with Gasteiger partial charge in [0.15, 0.2) is 0 Å². The molecule has 6 heteroatoms. The van der Waals surface area contributed by atoms with Crippen molar-refractivity contribution < 1.29 is 0 Å². The lowest BCUT2D eigenvalue weighted by Crippen LogP contribution is -1.97. The molecule has 0 atom stereocenters. The van der Waals surface area contributed by atoms with Crippen molar-refractivity contribution in [2.45, 2.75) is 6.92 Å². The van der Waals surface area contributed by atoms with Crippen LogP contribution in [0.5, 0.6) is 0 Å². The van der Waals surface area contributed by atoms with Gasteiger partial charge in [-0.1, -0.05) is 39.1 Å². The largest absolute Gasteiger partial charge is 0.339 e. The van der Waals surface area contributed by atoms with Crippen molar-refractivity contribution in [3.63, 3.8) is 0 Å². The third kappa shape index (κ3) is 3.31. The number of aryl methyl sites for hydroxylation is 1.